The van der Waals surface area contributed by atoms with Crippen LogP contribution >= 0.6 is 0 Å². The van der Waals surface area contributed by atoms with E-state index in [4.69, 9.17) is 0 Å². The van der Waals surface area contributed by atoms with E-state index in [0.29, 0.717) is 17.1 Å². The molecule has 27 heavy (non-hydrogen) atoms. The Morgan fingerprint density at radius 3 is 2.78 bits per heavy atom. The van der Waals surface area contributed by atoms with Crippen LogP contribution in [0.3, 0.4) is 0 Å². The van der Waals surface area contributed by atoms with Crippen molar-refractivity contribution >= 4 is 11.8 Å². The lowest BCUT2D eigenvalue weighted by Crippen LogP contribution is -2.51. The summed E-state index contributed by atoms with van der Waals surface area (Å²) in [6.45, 7) is 6.20. The predicted molar refractivity (Wildman–Crippen MR) is 98.7 cm³/mol. The number of carbonyl (C=O) groups is 2. The highest BCUT2D eigenvalue weighted by molar-refractivity contribution is 5.98. The largest absolute Gasteiger partial charge is 0.340 e. The van der Waals surface area contributed by atoms with Crippen LogP contribution in [-0.4, -0.2) is 55.3 Å². The molecule has 144 valence electrons. The lowest BCUT2D eigenvalue weighted by atomic mass is 10.0. The fourth-order valence-corrected chi connectivity index (χ4v) is 3.33. The number of carbonyl (C=O) groups excluding carboxylic acids is 2. The molecule has 1 saturated heterocycles. The Hall–Kier alpha value is -2.97. The highest BCUT2D eigenvalue weighted by Crippen LogP contribution is 2.17. The average Bonchev–Trinajstić information content (AvgIpc) is 3.03. The third-order valence-electron chi connectivity index (χ3n) is 4.94. The molecule has 9 nitrogen and oxygen atoms in total. The maximum atomic E-state index is 12.7. The van der Waals surface area contributed by atoms with Gasteiger partial charge in [0.1, 0.15) is 6.04 Å². The van der Waals surface area contributed by atoms with Gasteiger partial charge in [-0.05, 0) is 46.1 Å². The highest BCUT2D eigenvalue weighted by atomic mass is 16.2. The van der Waals surface area contributed by atoms with Crippen LogP contribution in [0.1, 0.15) is 49.2 Å². The molecule has 0 spiro atoms. The van der Waals surface area contributed by atoms with Gasteiger partial charge < -0.3 is 10.2 Å². The van der Waals surface area contributed by atoms with Crippen LogP contribution in [0.15, 0.2) is 23.1 Å². The number of aromatic nitrogens is 4. The number of piperidine rings is 1. The number of nitrogens with zero attached hydrogens (tertiary/aromatic N) is 4. The maximum Gasteiger partial charge on any atom is 0.264 e. The van der Waals surface area contributed by atoms with Gasteiger partial charge in [0.2, 0.25) is 5.91 Å². The van der Waals surface area contributed by atoms with Crippen molar-refractivity contribution < 1.29 is 9.59 Å². The molecule has 2 aromatic rings. The van der Waals surface area contributed by atoms with Crippen molar-refractivity contribution in [3.63, 3.8) is 0 Å². The molecule has 0 saturated carbocycles. The van der Waals surface area contributed by atoms with Crippen molar-refractivity contribution in [1.82, 2.24) is 30.2 Å². The topological polar surface area (TPSA) is 113 Å². The van der Waals surface area contributed by atoms with Gasteiger partial charge in [-0.15, -0.1) is 0 Å². The minimum atomic E-state index is -0.619. The number of hydrogen-bond donors (Lipinski definition) is 2. The summed E-state index contributed by atoms with van der Waals surface area (Å²) in [5.41, 5.74) is 0.605. The molecule has 0 radical (unpaired) electrons. The van der Waals surface area contributed by atoms with E-state index in [-0.39, 0.29) is 23.4 Å². The second-order valence-corrected chi connectivity index (χ2v) is 6.91. The summed E-state index contributed by atoms with van der Waals surface area (Å²) >= 11 is 0. The minimum Gasteiger partial charge on any atom is -0.340 e. The first-order valence-electron chi connectivity index (χ1n) is 9.10. The number of likely N-dealkylation sites (tertiary alicyclic amines) is 1. The molecule has 3 rings (SSSR count). The summed E-state index contributed by atoms with van der Waals surface area (Å²) in [7, 11) is 0. The van der Waals surface area contributed by atoms with Crippen molar-refractivity contribution in [3.05, 3.63) is 39.9 Å². The van der Waals surface area contributed by atoms with Gasteiger partial charge in [-0.2, -0.15) is 10.2 Å². The Balaban J connectivity index is 1.72. The molecular weight excluding hydrogens is 348 g/mol. The van der Waals surface area contributed by atoms with Gasteiger partial charge >= 0.3 is 0 Å². The Morgan fingerprint density at radius 1 is 1.33 bits per heavy atom. The van der Waals surface area contributed by atoms with E-state index < -0.39 is 6.04 Å². The molecule has 1 fully saturated rings. The minimum absolute atomic E-state index is 0.0668. The molecule has 2 N–H and O–H groups in total. The van der Waals surface area contributed by atoms with Crippen LogP contribution < -0.4 is 10.9 Å². The molecule has 2 aromatic heterocycles. The first kappa shape index (κ1) is 18.8. The van der Waals surface area contributed by atoms with Crippen LogP contribution in [0.2, 0.25) is 0 Å². The zero-order valence-corrected chi connectivity index (χ0v) is 15.7. The van der Waals surface area contributed by atoms with Crippen molar-refractivity contribution in [3.8, 4) is 5.82 Å². The van der Waals surface area contributed by atoms with Gasteiger partial charge in [0.25, 0.3) is 11.5 Å². The SMILES string of the molecule is Cc1c(C(=O)NC(C)C(=O)N2CCCCC2C)cnn1-c1ccc(=O)[nH]n1. The molecule has 2 unspecified atom stereocenters. The quantitative estimate of drug-likeness (QED) is 0.824. The third-order valence-corrected chi connectivity index (χ3v) is 4.94. The van der Waals surface area contributed by atoms with Gasteiger partial charge in [-0.3, -0.25) is 14.4 Å². The lowest BCUT2D eigenvalue weighted by molar-refractivity contribution is -0.136. The van der Waals surface area contributed by atoms with Gasteiger partial charge in [0, 0.05) is 18.7 Å². The standard InChI is InChI=1S/C18H24N6O3/c1-11-6-4-5-9-23(11)18(27)12(2)20-17(26)14-10-19-24(13(14)3)15-7-8-16(25)22-21-15/h7-8,10-12H,4-6,9H2,1-3H3,(H,20,26)(H,22,25). The number of rotatable bonds is 4. The van der Waals surface area contributed by atoms with Crippen LogP contribution in [0.5, 0.6) is 0 Å². The van der Waals surface area contributed by atoms with Crippen LogP contribution in [-0.2, 0) is 4.79 Å². The number of amides is 2. The van der Waals surface area contributed by atoms with Crippen molar-refractivity contribution in [2.45, 2.75) is 52.1 Å². The summed E-state index contributed by atoms with van der Waals surface area (Å²) < 4.78 is 1.46. The molecule has 1 aliphatic rings. The van der Waals surface area contributed by atoms with Crippen molar-refractivity contribution in [1.29, 1.82) is 0 Å². The zero-order valence-electron chi connectivity index (χ0n) is 15.7. The summed E-state index contributed by atoms with van der Waals surface area (Å²) in [5, 5.41) is 13.2. The molecule has 0 bridgehead atoms. The van der Waals surface area contributed by atoms with E-state index in [1.807, 2.05) is 11.8 Å². The molecule has 0 aliphatic carbocycles. The fourth-order valence-electron chi connectivity index (χ4n) is 3.33. The van der Waals surface area contributed by atoms with Gasteiger partial charge in [0.15, 0.2) is 5.82 Å². The first-order valence-corrected chi connectivity index (χ1v) is 9.10. The monoisotopic (exact) mass is 372 g/mol. The van der Waals surface area contributed by atoms with Crippen LogP contribution in [0.25, 0.3) is 5.82 Å². The smallest absolute Gasteiger partial charge is 0.264 e. The second kappa shape index (κ2) is 7.73. The molecule has 3 heterocycles. The van der Waals surface area contributed by atoms with Gasteiger partial charge in [0.05, 0.1) is 17.5 Å². The third kappa shape index (κ3) is 3.91. The summed E-state index contributed by atoms with van der Waals surface area (Å²) in [6, 6.07) is 2.43. The predicted octanol–water partition coefficient (Wildman–Crippen LogP) is 0.783. The highest BCUT2D eigenvalue weighted by Gasteiger charge is 2.28. The Kier molecular flexibility index (Phi) is 5.38. The normalized spacial score (nSPS) is 18.2. The van der Waals surface area contributed by atoms with Crippen molar-refractivity contribution in [2.75, 3.05) is 6.54 Å². The van der Waals surface area contributed by atoms with Gasteiger partial charge in [-0.25, -0.2) is 9.78 Å². The lowest BCUT2D eigenvalue weighted by Gasteiger charge is -2.35. The molecule has 9 heteroatoms. The second-order valence-electron chi connectivity index (χ2n) is 6.91. The first-order chi connectivity index (χ1) is 12.9. The Morgan fingerprint density at radius 2 is 2.11 bits per heavy atom. The van der Waals surface area contributed by atoms with E-state index in [9.17, 15) is 14.4 Å². The number of hydrogen-bond acceptors (Lipinski definition) is 5. The summed E-state index contributed by atoms with van der Waals surface area (Å²) in [5.74, 6) is -0.0333. The van der Waals surface area contributed by atoms with Crippen LogP contribution in [0.4, 0.5) is 0 Å². The van der Waals surface area contributed by atoms with Gasteiger partial charge in [-0.1, -0.05) is 0 Å². The Bertz CT molecular complexity index is 882. The van der Waals surface area contributed by atoms with E-state index in [0.717, 1.165) is 25.8 Å². The molecule has 2 atom stereocenters. The zero-order chi connectivity index (χ0) is 19.6. The van der Waals surface area contributed by atoms with E-state index in [2.05, 4.69) is 20.6 Å². The van der Waals surface area contributed by atoms with E-state index in [1.165, 1.54) is 23.0 Å². The molecule has 1 aliphatic heterocycles. The summed E-state index contributed by atoms with van der Waals surface area (Å²) in [4.78, 5) is 38.3. The maximum absolute atomic E-state index is 12.7. The van der Waals surface area contributed by atoms with E-state index >= 15 is 0 Å². The van der Waals surface area contributed by atoms with Crippen LogP contribution in [0, 0.1) is 6.92 Å². The summed E-state index contributed by atoms with van der Waals surface area (Å²) in [6.07, 6.45) is 4.54. The Labute approximate surface area is 156 Å². The fraction of sp³-hybridized carbons (Fsp3) is 0.500. The number of nitrogens with one attached hydrogen (secondary N) is 2. The average molecular weight is 372 g/mol. The number of aromatic amines is 1. The van der Waals surface area contributed by atoms with E-state index in [1.54, 1.807) is 13.8 Å². The molecule has 2 amide bonds. The molecule has 0 aromatic carbocycles. The molecular formula is C18H24N6O3. The number of H-pyrrole nitrogens is 1. The van der Waals surface area contributed by atoms with Crippen molar-refractivity contribution in [2.24, 2.45) is 0 Å².